The van der Waals surface area contributed by atoms with Gasteiger partial charge in [-0.3, -0.25) is 0 Å². The van der Waals surface area contributed by atoms with Crippen LogP contribution < -0.4 is 0 Å². The normalized spacial score (nSPS) is 11.9. The molecule has 11 aromatic rings. The Kier molecular flexibility index (Phi) is 11.2. The fourth-order valence-corrected chi connectivity index (χ4v) is 9.38. The van der Waals surface area contributed by atoms with Crippen molar-refractivity contribution in [3.8, 4) is 84.1 Å². The molecule has 0 atom stereocenters. The van der Waals surface area contributed by atoms with Crippen LogP contribution in [0.5, 0.6) is 0 Å². The molecule has 346 valence electrons. The van der Waals surface area contributed by atoms with Gasteiger partial charge in [-0.05, 0) is 114 Å². The van der Waals surface area contributed by atoms with Gasteiger partial charge >= 0.3 is 12.4 Å². The molecule has 0 spiro atoms. The van der Waals surface area contributed by atoms with Crippen LogP contribution in [0.15, 0.2) is 212 Å². The van der Waals surface area contributed by atoms with E-state index in [1.165, 1.54) is 12.1 Å². The highest BCUT2D eigenvalue weighted by atomic mass is 19.4. The van der Waals surface area contributed by atoms with Crippen LogP contribution in [-0.2, 0) is 12.4 Å². The second-order valence-electron chi connectivity index (χ2n) is 17.8. The maximum Gasteiger partial charge on any atom is 0.416 e. The van der Waals surface area contributed by atoms with Gasteiger partial charge in [0, 0.05) is 38.6 Å². The van der Waals surface area contributed by atoms with E-state index < -0.39 is 23.5 Å². The van der Waals surface area contributed by atoms with Gasteiger partial charge < -0.3 is 4.57 Å². The number of hydrogen-bond acceptors (Lipinski definition) is 2. The Morgan fingerprint density at radius 3 is 1.14 bits per heavy atom. The van der Waals surface area contributed by atoms with Crippen LogP contribution in [0, 0.1) is 13.8 Å². The summed E-state index contributed by atoms with van der Waals surface area (Å²) < 4.78 is 90.8. The summed E-state index contributed by atoms with van der Waals surface area (Å²) in [5, 5.41) is 1.68. The molecule has 0 aliphatic carbocycles. The van der Waals surface area contributed by atoms with Crippen molar-refractivity contribution in [1.29, 1.82) is 0 Å². The number of aromatic nitrogens is 3. The number of halogens is 6. The van der Waals surface area contributed by atoms with E-state index in [4.69, 9.17) is 9.97 Å². The fourth-order valence-electron chi connectivity index (χ4n) is 9.38. The van der Waals surface area contributed by atoms with Gasteiger partial charge in [-0.25, -0.2) is 9.97 Å². The lowest BCUT2D eigenvalue weighted by Gasteiger charge is -2.22. The molecule has 2 heterocycles. The fraction of sp³-hybridized carbons (Fsp3) is 0.0645. The summed E-state index contributed by atoms with van der Waals surface area (Å²) in [7, 11) is 0. The number of benzene rings is 9. The van der Waals surface area contributed by atoms with Crippen molar-refractivity contribution in [1.82, 2.24) is 14.5 Å². The summed E-state index contributed by atoms with van der Waals surface area (Å²) in [6.07, 6.45) is -9.41. The molecule has 9 heteroatoms. The molecule has 3 nitrogen and oxygen atoms in total. The van der Waals surface area contributed by atoms with E-state index in [9.17, 15) is 26.3 Å². The van der Waals surface area contributed by atoms with Crippen LogP contribution in [0.1, 0.15) is 22.3 Å². The maximum absolute atomic E-state index is 14.8. The predicted molar refractivity (Wildman–Crippen MR) is 274 cm³/mol. The topological polar surface area (TPSA) is 30.7 Å². The predicted octanol–water partition coefficient (Wildman–Crippen LogP) is 17.9. The Hall–Kier alpha value is -8.56. The van der Waals surface area contributed by atoms with Crippen LogP contribution in [-0.4, -0.2) is 14.5 Å². The molecule has 2 aromatic heterocycles. The van der Waals surface area contributed by atoms with Crippen molar-refractivity contribution < 1.29 is 26.3 Å². The molecular formula is C62H41F6N3. The molecule has 11 rings (SSSR count). The molecule has 0 saturated heterocycles. The highest BCUT2D eigenvalue weighted by Crippen LogP contribution is 2.47. The molecule has 0 N–H and O–H groups in total. The Morgan fingerprint density at radius 1 is 0.338 bits per heavy atom. The first kappa shape index (κ1) is 44.9. The van der Waals surface area contributed by atoms with Gasteiger partial charge in [0.2, 0.25) is 0 Å². The van der Waals surface area contributed by atoms with E-state index >= 15 is 0 Å². The minimum atomic E-state index is -4.71. The minimum absolute atomic E-state index is 0.190. The lowest BCUT2D eigenvalue weighted by Crippen LogP contribution is -2.07. The summed E-state index contributed by atoms with van der Waals surface area (Å²) in [5.74, 6) is 0.228. The average molecular weight is 942 g/mol. The molecule has 9 aromatic carbocycles. The second-order valence-corrected chi connectivity index (χ2v) is 17.8. The van der Waals surface area contributed by atoms with Crippen molar-refractivity contribution in [2.75, 3.05) is 0 Å². The third-order valence-electron chi connectivity index (χ3n) is 13.0. The van der Waals surface area contributed by atoms with Gasteiger partial charge in [-0.2, -0.15) is 26.3 Å². The summed E-state index contributed by atoms with van der Waals surface area (Å²) in [6.45, 7) is 4.05. The standard InChI is InChI=1S/C62H41F6N3/c1-38-19-23-40(24-20-38)44-27-29-57-53(33-44)54-34-45(41-25-21-39(2)22-26-41)28-30-58(54)71(57)59-51(46-15-9-17-49(31-46)61(63,64)65)35-48(36-52(59)47-16-10-18-50(32-47)62(66,67)68)60-69-55(42-11-5-3-6-12-42)37-56(70-60)43-13-7-4-8-14-43/h3-37H,1-2H3. The third kappa shape index (κ3) is 8.76. The number of alkyl halides is 6. The maximum atomic E-state index is 14.8. The first-order valence-electron chi connectivity index (χ1n) is 23.0. The second kappa shape index (κ2) is 17.8. The third-order valence-corrected chi connectivity index (χ3v) is 13.0. The Labute approximate surface area is 406 Å². The van der Waals surface area contributed by atoms with Gasteiger partial charge in [-0.15, -0.1) is 0 Å². The van der Waals surface area contributed by atoms with E-state index in [0.29, 0.717) is 44.8 Å². The number of hydrogen-bond donors (Lipinski definition) is 0. The summed E-state index contributed by atoms with van der Waals surface area (Å²) in [6, 6.07) is 63.1. The smallest absolute Gasteiger partial charge is 0.308 e. The van der Waals surface area contributed by atoms with Crippen molar-refractivity contribution in [3.63, 3.8) is 0 Å². The first-order valence-corrected chi connectivity index (χ1v) is 23.0. The minimum Gasteiger partial charge on any atom is -0.308 e. The van der Waals surface area contributed by atoms with Gasteiger partial charge in [-0.1, -0.05) is 157 Å². The molecular weight excluding hydrogens is 901 g/mol. The molecule has 0 aliphatic heterocycles. The molecule has 0 unspecified atom stereocenters. The van der Waals surface area contributed by atoms with Crippen LogP contribution in [0.4, 0.5) is 26.3 Å². The van der Waals surface area contributed by atoms with Crippen LogP contribution in [0.2, 0.25) is 0 Å². The monoisotopic (exact) mass is 941 g/mol. The van der Waals surface area contributed by atoms with E-state index in [1.807, 2.05) is 134 Å². The Balaban J connectivity index is 1.28. The summed E-state index contributed by atoms with van der Waals surface area (Å²) >= 11 is 0. The van der Waals surface area contributed by atoms with Gasteiger partial charge in [0.15, 0.2) is 5.82 Å². The molecule has 0 fully saturated rings. The number of fused-ring (bicyclic) bond motifs is 3. The number of nitrogens with zero attached hydrogens (tertiary/aromatic N) is 3. The molecule has 71 heavy (non-hydrogen) atoms. The van der Waals surface area contributed by atoms with Crippen molar-refractivity contribution >= 4 is 21.8 Å². The summed E-state index contributed by atoms with van der Waals surface area (Å²) in [4.78, 5) is 10.2. The van der Waals surface area contributed by atoms with E-state index in [-0.39, 0.29) is 17.0 Å². The number of rotatable bonds is 8. The summed E-state index contributed by atoms with van der Waals surface area (Å²) in [5.41, 5.74) is 10.2. The lowest BCUT2D eigenvalue weighted by molar-refractivity contribution is -0.138. The Morgan fingerprint density at radius 2 is 0.732 bits per heavy atom. The molecule has 0 aliphatic rings. The van der Waals surface area contributed by atoms with Crippen molar-refractivity contribution in [2.24, 2.45) is 0 Å². The molecule has 0 amide bonds. The number of aryl methyl sites for hydroxylation is 2. The Bertz CT molecular complexity index is 3540. The van der Waals surface area contributed by atoms with E-state index in [1.54, 1.807) is 24.3 Å². The molecule has 0 saturated carbocycles. The first-order chi connectivity index (χ1) is 34.2. The average Bonchev–Trinajstić information content (AvgIpc) is 3.71. The van der Waals surface area contributed by atoms with E-state index in [2.05, 4.69) is 36.4 Å². The van der Waals surface area contributed by atoms with Crippen LogP contribution in [0.25, 0.3) is 106 Å². The molecule has 0 bridgehead atoms. The van der Waals surface area contributed by atoms with Crippen molar-refractivity contribution in [2.45, 2.75) is 26.2 Å². The van der Waals surface area contributed by atoms with E-state index in [0.717, 1.165) is 79.5 Å². The SMILES string of the molecule is Cc1ccc(-c2ccc3c(c2)c2cc(-c4ccc(C)cc4)ccc2n3-c2c(-c3cccc(C(F)(F)F)c3)cc(-c3nc(-c4ccccc4)cc(-c4ccccc4)n3)cc2-c2cccc(C(F)(F)F)c2)cc1. The zero-order valence-corrected chi connectivity index (χ0v) is 38.3. The van der Waals surface area contributed by atoms with Gasteiger partial charge in [0.05, 0.1) is 39.2 Å². The quantitative estimate of drug-likeness (QED) is 0.142. The van der Waals surface area contributed by atoms with Gasteiger partial charge in [0.25, 0.3) is 0 Å². The lowest BCUT2D eigenvalue weighted by atomic mass is 9.91. The zero-order chi connectivity index (χ0) is 49.0. The zero-order valence-electron chi connectivity index (χ0n) is 38.3. The highest BCUT2D eigenvalue weighted by Gasteiger charge is 2.33. The van der Waals surface area contributed by atoms with Crippen molar-refractivity contribution in [3.05, 3.63) is 235 Å². The molecule has 0 radical (unpaired) electrons. The largest absolute Gasteiger partial charge is 0.416 e. The van der Waals surface area contributed by atoms with Gasteiger partial charge in [0.1, 0.15) is 0 Å². The van der Waals surface area contributed by atoms with Crippen LogP contribution in [0.3, 0.4) is 0 Å². The highest BCUT2D eigenvalue weighted by molar-refractivity contribution is 6.13. The van der Waals surface area contributed by atoms with Crippen LogP contribution >= 0.6 is 0 Å².